The van der Waals surface area contributed by atoms with E-state index in [1.165, 1.54) is 36.5 Å². The Labute approximate surface area is 77.2 Å². The predicted octanol–water partition coefficient (Wildman–Crippen LogP) is 3.00. The fourth-order valence-electron chi connectivity index (χ4n) is 1.01. The minimum absolute atomic E-state index is 0.870. The van der Waals surface area contributed by atoms with Crippen LogP contribution >= 0.6 is 23.5 Å². The maximum atomic E-state index is 7.01. The summed E-state index contributed by atoms with van der Waals surface area (Å²) in [5, 5.41) is 7.88. The Bertz CT molecular complexity index is 106. The highest BCUT2D eigenvalue weighted by molar-refractivity contribution is 8.14. The normalized spacial score (nSPS) is 23.1. The van der Waals surface area contributed by atoms with E-state index in [1.807, 2.05) is 0 Å². The van der Waals surface area contributed by atoms with E-state index in [9.17, 15) is 0 Å². The lowest BCUT2D eigenvalue weighted by Gasteiger charge is -1.77. The van der Waals surface area contributed by atoms with E-state index < -0.39 is 0 Å². The van der Waals surface area contributed by atoms with Crippen LogP contribution in [0.2, 0.25) is 0 Å². The van der Waals surface area contributed by atoms with E-state index in [0.717, 1.165) is 11.5 Å². The third-order valence-electron chi connectivity index (χ3n) is 1.65. The first-order chi connectivity index (χ1) is 5.39. The van der Waals surface area contributed by atoms with Gasteiger partial charge in [-0.05, 0) is 42.9 Å². The molecule has 0 bridgehead atoms. The van der Waals surface area contributed by atoms with Gasteiger partial charge in [-0.15, -0.1) is 11.8 Å². The minimum atomic E-state index is 0.870. The first kappa shape index (κ1) is 9.46. The van der Waals surface area contributed by atoms with E-state index >= 15 is 0 Å². The topological polar surface area (TPSA) is 23.9 Å². The molecule has 0 aliphatic carbocycles. The molecule has 0 aromatic carbocycles. The summed E-state index contributed by atoms with van der Waals surface area (Å²) in [6, 6.07) is 0. The predicted molar refractivity (Wildman–Crippen MR) is 56.0 cm³/mol. The van der Waals surface area contributed by atoms with Crippen molar-refractivity contribution < 1.29 is 0 Å². The summed E-state index contributed by atoms with van der Waals surface area (Å²) in [4.78, 5) is 0. The standard InChI is InChI=1S/C4H7NS.C4H8S/c5-4-2-1-3-6-4;1-2-4-5-3-1/h5H,1-3H2;1-4H2. The van der Waals surface area contributed by atoms with Crippen molar-refractivity contribution in [3.8, 4) is 0 Å². The van der Waals surface area contributed by atoms with Crippen molar-refractivity contribution in [2.24, 2.45) is 0 Å². The average molecular weight is 189 g/mol. The molecular weight excluding hydrogens is 174 g/mol. The van der Waals surface area contributed by atoms with Gasteiger partial charge in [-0.2, -0.15) is 11.8 Å². The van der Waals surface area contributed by atoms with Gasteiger partial charge in [0.15, 0.2) is 0 Å². The molecule has 2 aliphatic heterocycles. The minimum Gasteiger partial charge on any atom is -0.298 e. The molecule has 3 heteroatoms. The summed E-state index contributed by atoms with van der Waals surface area (Å²) in [5.74, 6) is 4.01. The molecule has 0 radical (unpaired) electrons. The number of nitrogens with one attached hydrogen (secondary N) is 1. The van der Waals surface area contributed by atoms with Crippen LogP contribution in [0, 0.1) is 5.41 Å². The molecule has 2 aliphatic rings. The highest BCUT2D eigenvalue weighted by Gasteiger charge is 2.04. The van der Waals surface area contributed by atoms with Crippen molar-refractivity contribution in [3.05, 3.63) is 0 Å². The molecular formula is C8H15NS2. The molecule has 0 aromatic rings. The molecule has 2 saturated heterocycles. The van der Waals surface area contributed by atoms with Gasteiger partial charge in [0, 0.05) is 0 Å². The summed E-state index contributed by atoms with van der Waals surface area (Å²) in [6.45, 7) is 0. The Morgan fingerprint density at radius 1 is 1.00 bits per heavy atom. The van der Waals surface area contributed by atoms with Gasteiger partial charge in [0.1, 0.15) is 0 Å². The molecule has 0 atom stereocenters. The average Bonchev–Trinajstić information content (AvgIpc) is 2.57. The monoisotopic (exact) mass is 189 g/mol. The summed E-state index contributed by atoms with van der Waals surface area (Å²) in [6.07, 6.45) is 5.18. The number of hydrogen-bond acceptors (Lipinski definition) is 3. The van der Waals surface area contributed by atoms with E-state index in [0.29, 0.717) is 0 Å². The zero-order valence-electron chi connectivity index (χ0n) is 6.77. The quantitative estimate of drug-likeness (QED) is 0.633. The molecule has 2 heterocycles. The molecule has 1 N–H and O–H groups in total. The van der Waals surface area contributed by atoms with Crippen LogP contribution in [0.25, 0.3) is 0 Å². The van der Waals surface area contributed by atoms with Crippen LogP contribution in [-0.2, 0) is 0 Å². The van der Waals surface area contributed by atoms with Crippen LogP contribution in [0.5, 0.6) is 0 Å². The Hall–Kier alpha value is 0.370. The fourth-order valence-corrected chi connectivity index (χ4v) is 2.85. The molecule has 0 unspecified atom stereocenters. The van der Waals surface area contributed by atoms with Crippen LogP contribution in [-0.4, -0.2) is 22.3 Å². The Kier molecular flexibility index (Phi) is 5.12. The second kappa shape index (κ2) is 5.95. The van der Waals surface area contributed by atoms with Gasteiger partial charge < -0.3 is 0 Å². The maximum absolute atomic E-state index is 7.01. The SMILES string of the molecule is C1CCSC1.N=C1CCCS1. The number of hydrogen-bond donors (Lipinski definition) is 1. The molecule has 0 aromatic heterocycles. The Morgan fingerprint density at radius 3 is 1.91 bits per heavy atom. The first-order valence-corrected chi connectivity index (χ1v) is 6.31. The van der Waals surface area contributed by atoms with Gasteiger partial charge in [0.2, 0.25) is 0 Å². The maximum Gasteiger partial charge on any atom is 0.0641 e. The van der Waals surface area contributed by atoms with Crippen molar-refractivity contribution in [2.75, 3.05) is 17.3 Å². The molecule has 0 spiro atoms. The second-order valence-electron chi connectivity index (χ2n) is 2.69. The van der Waals surface area contributed by atoms with Crippen LogP contribution < -0.4 is 0 Å². The Morgan fingerprint density at radius 2 is 1.73 bits per heavy atom. The van der Waals surface area contributed by atoms with Crippen molar-refractivity contribution in [1.29, 1.82) is 5.41 Å². The summed E-state index contributed by atoms with van der Waals surface area (Å²) >= 11 is 3.75. The van der Waals surface area contributed by atoms with Gasteiger partial charge in [-0.3, -0.25) is 5.41 Å². The highest BCUT2D eigenvalue weighted by Crippen LogP contribution is 2.17. The van der Waals surface area contributed by atoms with Gasteiger partial charge in [-0.25, -0.2) is 0 Å². The van der Waals surface area contributed by atoms with Gasteiger partial charge in [0.05, 0.1) is 5.04 Å². The Balaban J connectivity index is 0.000000112. The van der Waals surface area contributed by atoms with Crippen LogP contribution in [0.1, 0.15) is 25.7 Å². The molecule has 11 heavy (non-hydrogen) atoms. The fraction of sp³-hybridized carbons (Fsp3) is 0.875. The van der Waals surface area contributed by atoms with Crippen molar-refractivity contribution in [1.82, 2.24) is 0 Å². The largest absolute Gasteiger partial charge is 0.298 e. The van der Waals surface area contributed by atoms with E-state index in [2.05, 4.69) is 11.8 Å². The van der Waals surface area contributed by atoms with E-state index in [-0.39, 0.29) is 0 Å². The highest BCUT2D eigenvalue weighted by atomic mass is 32.2. The first-order valence-electron chi connectivity index (χ1n) is 4.17. The van der Waals surface area contributed by atoms with Gasteiger partial charge in [-0.1, -0.05) is 0 Å². The van der Waals surface area contributed by atoms with Gasteiger partial charge in [0.25, 0.3) is 0 Å². The van der Waals surface area contributed by atoms with E-state index in [1.54, 1.807) is 11.8 Å². The van der Waals surface area contributed by atoms with Crippen LogP contribution in [0.4, 0.5) is 0 Å². The lowest BCUT2D eigenvalue weighted by Crippen LogP contribution is -1.73. The summed E-state index contributed by atoms with van der Waals surface area (Å²) in [7, 11) is 0. The van der Waals surface area contributed by atoms with Crippen LogP contribution in [0.15, 0.2) is 0 Å². The zero-order chi connectivity index (χ0) is 7.94. The lowest BCUT2D eigenvalue weighted by atomic mass is 10.4. The van der Waals surface area contributed by atoms with E-state index in [4.69, 9.17) is 5.41 Å². The number of rotatable bonds is 0. The summed E-state index contributed by atoms with van der Waals surface area (Å²) < 4.78 is 0. The van der Waals surface area contributed by atoms with Crippen molar-refractivity contribution in [2.45, 2.75) is 25.7 Å². The van der Waals surface area contributed by atoms with Crippen molar-refractivity contribution >= 4 is 28.6 Å². The molecule has 2 fully saturated rings. The second-order valence-corrected chi connectivity index (χ2v) is 5.11. The lowest BCUT2D eigenvalue weighted by molar-refractivity contribution is 0.949. The third-order valence-corrected chi connectivity index (χ3v) is 3.85. The molecule has 1 nitrogen and oxygen atoms in total. The zero-order valence-corrected chi connectivity index (χ0v) is 8.40. The molecule has 64 valence electrons. The van der Waals surface area contributed by atoms with Crippen molar-refractivity contribution in [3.63, 3.8) is 0 Å². The smallest absolute Gasteiger partial charge is 0.0641 e. The third kappa shape index (κ3) is 4.75. The number of thioether (sulfide) groups is 2. The van der Waals surface area contributed by atoms with Crippen LogP contribution in [0.3, 0.4) is 0 Å². The molecule has 2 rings (SSSR count). The molecule has 0 saturated carbocycles. The summed E-state index contributed by atoms with van der Waals surface area (Å²) in [5.41, 5.74) is 0. The molecule has 0 amide bonds. The van der Waals surface area contributed by atoms with Gasteiger partial charge >= 0.3 is 0 Å².